The van der Waals surface area contributed by atoms with E-state index < -0.39 is 0 Å². The maximum atomic E-state index is 14.3. The van der Waals surface area contributed by atoms with E-state index in [1.165, 1.54) is 18.9 Å². The van der Waals surface area contributed by atoms with Gasteiger partial charge in [-0.1, -0.05) is 12.1 Å². The van der Waals surface area contributed by atoms with Crippen LogP contribution in [0.2, 0.25) is 0 Å². The topological polar surface area (TPSA) is 67.8 Å². The Kier molecular flexibility index (Phi) is 8.94. The van der Waals surface area contributed by atoms with Crippen LogP contribution in [0, 0.1) is 11.7 Å². The van der Waals surface area contributed by atoms with Gasteiger partial charge in [-0.3, -0.25) is 4.99 Å². The highest BCUT2D eigenvalue weighted by Gasteiger charge is 2.22. The number of ether oxygens (including phenoxy) is 2. The van der Waals surface area contributed by atoms with Crippen molar-refractivity contribution in [1.29, 1.82) is 0 Å². The number of guanidine groups is 1. The minimum atomic E-state index is -0.338. The molecule has 0 aliphatic heterocycles. The Hall–Kier alpha value is -2.10. The molecule has 2 N–H and O–H groups in total. The van der Waals surface area contributed by atoms with E-state index in [1.54, 1.807) is 26.4 Å². The van der Waals surface area contributed by atoms with Gasteiger partial charge < -0.3 is 20.1 Å². The zero-order valence-corrected chi connectivity index (χ0v) is 19.3. The minimum absolute atomic E-state index is 0. The quantitative estimate of drug-likeness (QED) is 0.316. The minimum Gasteiger partial charge on any atom is -0.490 e. The first-order valence-corrected chi connectivity index (χ1v) is 9.48. The van der Waals surface area contributed by atoms with Crippen molar-refractivity contribution in [3.63, 3.8) is 0 Å². The maximum absolute atomic E-state index is 14.3. The first-order chi connectivity index (χ1) is 13.6. The highest BCUT2D eigenvalue weighted by Crippen LogP contribution is 2.30. The van der Waals surface area contributed by atoms with Crippen LogP contribution in [0.15, 0.2) is 41.5 Å². The average molecular weight is 514 g/mol. The molecule has 1 aromatic heterocycles. The molecule has 3 rings (SSSR count). The molecule has 0 radical (unpaired) electrons. The Bertz CT molecular complexity index is 830. The summed E-state index contributed by atoms with van der Waals surface area (Å²) in [5.41, 5.74) is 1.74. The SMILES string of the molecule is CN=C(NCc1cccnc1OC)NC(C)c1ccc(OCC2CC2)c(F)c1.I. The average Bonchev–Trinajstić information content (AvgIpc) is 3.54. The van der Waals surface area contributed by atoms with E-state index in [4.69, 9.17) is 9.47 Å². The summed E-state index contributed by atoms with van der Waals surface area (Å²) in [6, 6.07) is 8.74. The fourth-order valence-electron chi connectivity index (χ4n) is 2.80. The number of aliphatic imine (C=N–C) groups is 1. The van der Waals surface area contributed by atoms with Crippen LogP contribution in [0.4, 0.5) is 4.39 Å². The van der Waals surface area contributed by atoms with Crippen molar-refractivity contribution >= 4 is 29.9 Å². The van der Waals surface area contributed by atoms with Crippen LogP contribution in [0.25, 0.3) is 0 Å². The molecule has 1 fully saturated rings. The van der Waals surface area contributed by atoms with Crippen molar-refractivity contribution in [2.45, 2.75) is 32.4 Å². The lowest BCUT2D eigenvalue weighted by Crippen LogP contribution is -2.38. The van der Waals surface area contributed by atoms with E-state index in [1.807, 2.05) is 25.1 Å². The molecule has 0 amide bonds. The highest BCUT2D eigenvalue weighted by atomic mass is 127. The van der Waals surface area contributed by atoms with E-state index in [9.17, 15) is 4.39 Å². The fourth-order valence-corrected chi connectivity index (χ4v) is 2.80. The molecule has 1 aromatic carbocycles. The molecule has 158 valence electrons. The van der Waals surface area contributed by atoms with Crippen molar-refractivity contribution in [3.8, 4) is 11.6 Å². The molecule has 8 heteroatoms. The molecule has 0 saturated heterocycles. The molecule has 0 spiro atoms. The predicted octanol–water partition coefficient (Wildman–Crippen LogP) is 4.06. The normalized spacial score (nSPS) is 14.6. The summed E-state index contributed by atoms with van der Waals surface area (Å²) in [7, 11) is 3.28. The summed E-state index contributed by atoms with van der Waals surface area (Å²) in [6.07, 6.45) is 4.04. The summed E-state index contributed by atoms with van der Waals surface area (Å²) in [4.78, 5) is 8.42. The van der Waals surface area contributed by atoms with Gasteiger partial charge in [0.05, 0.1) is 19.8 Å². The number of halogens is 2. The van der Waals surface area contributed by atoms with Crippen LogP contribution in [0.1, 0.15) is 36.9 Å². The standard InChI is InChI=1S/C21H27FN4O2.HI/c1-14(16-8-9-19(18(22)11-16)28-13-15-6-7-15)26-21(23-2)25-12-17-5-4-10-24-20(17)27-3;/h4-5,8-11,14-15H,6-7,12-13H2,1-3H3,(H2,23,25,26);1H. The summed E-state index contributed by atoms with van der Waals surface area (Å²) in [5.74, 6) is 1.74. The molecular weight excluding hydrogens is 486 g/mol. The van der Waals surface area contributed by atoms with Gasteiger partial charge in [0.15, 0.2) is 17.5 Å². The van der Waals surface area contributed by atoms with Gasteiger partial charge in [-0.25, -0.2) is 9.37 Å². The van der Waals surface area contributed by atoms with Crippen molar-refractivity contribution < 1.29 is 13.9 Å². The summed E-state index contributed by atoms with van der Waals surface area (Å²) < 4.78 is 25.2. The van der Waals surface area contributed by atoms with Crippen LogP contribution in [-0.4, -0.2) is 31.7 Å². The zero-order chi connectivity index (χ0) is 19.9. The van der Waals surface area contributed by atoms with Crippen molar-refractivity contribution in [2.24, 2.45) is 10.9 Å². The molecule has 1 saturated carbocycles. The third-order valence-corrected chi connectivity index (χ3v) is 4.69. The van der Waals surface area contributed by atoms with E-state index >= 15 is 0 Å². The van der Waals surface area contributed by atoms with Gasteiger partial charge in [-0.2, -0.15) is 0 Å². The number of hydrogen-bond acceptors (Lipinski definition) is 4. The Labute approximate surface area is 188 Å². The molecule has 6 nitrogen and oxygen atoms in total. The number of nitrogens with zero attached hydrogens (tertiary/aromatic N) is 2. The lowest BCUT2D eigenvalue weighted by molar-refractivity contribution is 0.285. The Morgan fingerprint density at radius 3 is 2.79 bits per heavy atom. The predicted molar refractivity (Wildman–Crippen MR) is 123 cm³/mol. The van der Waals surface area contributed by atoms with E-state index in [-0.39, 0.29) is 35.8 Å². The zero-order valence-electron chi connectivity index (χ0n) is 16.9. The molecule has 29 heavy (non-hydrogen) atoms. The number of methoxy groups -OCH3 is 1. The van der Waals surface area contributed by atoms with Crippen LogP contribution in [-0.2, 0) is 6.54 Å². The second kappa shape index (κ2) is 11.2. The largest absolute Gasteiger partial charge is 0.490 e. The molecule has 1 aliphatic carbocycles. The molecule has 0 bridgehead atoms. The van der Waals surface area contributed by atoms with Gasteiger partial charge in [0, 0.05) is 25.4 Å². The Morgan fingerprint density at radius 2 is 2.14 bits per heavy atom. The fraction of sp³-hybridized carbons (Fsp3) is 0.429. The van der Waals surface area contributed by atoms with Crippen LogP contribution < -0.4 is 20.1 Å². The highest BCUT2D eigenvalue weighted by molar-refractivity contribution is 14.0. The first kappa shape index (κ1) is 23.2. The van der Waals surface area contributed by atoms with Gasteiger partial charge in [0.2, 0.25) is 5.88 Å². The summed E-state index contributed by atoms with van der Waals surface area (Å²) in [5, 5.41) is 6.49. The second-order valence-corrected chi connectivity index (χ2v) is 6.91. The number of rotatable bonds is 8. The first-order valence-electron chi connectivity index (χ1n) is 9.48. The second-order valence-electron chi connectivity index (χ2n) is 6.91. The van der Waals surface area contributed by atoms with E-state index in [0.717, 1.165) is 11.1 Å². The van der Waals surface area contributed by atoms with Crippen molar-refractivity contribution in [1.82, 2.24) is 15.6 Å². The van der Waals surface area contributed by atoms with Crippen LogP contribution >= 0.6 is 24.0 Å². The smallest absolute Gasteiger partial charge is 0.218 e. The molecule has 1 unspecified atom stereocenters. The number of nitrogens with one attached hydrogen (secondary N) is 2. The third-order valence-electron chi connectivity index (χ3n) is 4.69. The number of hydrogen-bond donors (Lipinski definition) is 2. The van der Waals surface area contributed by atoms with Crippen molar-refractivity contribution in [2.75, 3.05) is 20.8 Å². The van der Waals surface area contributed by atoms with Gasteiger partial charge in [-0.05, 0) is 49.4 Å². The number of pyridine rings is 1. The van der Waals surface area contributed by atoms with Gasteiger partial charge in [-0.15, -0.1) is 24.0 Å². The lowest BCUT2D eigenvalue weighted by Gasteiger charge is -2.19. The molecular formula is C21H28FIN4O2. The molecule has 1 heterocycles. The summed E-state index contributed by atoms with van der Waals surface area (Å²) in [6.45, 7) is 3.06. The monoisotopic (exact) mass is 514 g/mol. The molecule has 2 aromatic rings. The van der Waals surface area contributed by atoms with E-state index in [2.05, 4.69) is 20.6 Å². The Balaban J connectivity index is 0.00000300. The summed E-state index contributed by atoms with van der Waals surface area (Å²) >= 11 is 0. The molecule has 1 aliphatic rings. The van der Waals surface area contributed by atoms with E-state index in [0.29, 0.717) is 36.7 Å². The maximum Gasteiger partial charge on any atom is 0.218 e. The van der Waals surface area contributed by atoms with Gasteiger partial charge >= 0.3 is 0 Å². The van der Waals surface area contributed by atoms with Gasteiger partial charge in [0.25, 0.3) is 0 Å². The lowest BCUT2D eigenvalue weighted by atomic mass is 10.1. The van der Waals surface area contributed by atoms with Crippen molar-refractivity contribution in [3.05, 3.63) is 53.5 Å². The van der Waals surface area contributed by atoms with Crippen LogP contribution in [0.3, 0.4) is 0 Å². The number of benzene rings is 1. The molecule has 1 atom stereocenters. The van der Waals surface area contributed by atoms with Crippen LogP contribution in [0.5, 0.6) is 11.6 Å². The third kappa shape index (κ3) is 6.73. The number of aromatic nitrogens is 1. The van der Waals surface area contributed by atoms with Gasteiger partial charge in [0.1, 0.15) is 0 Å². The Morgan fingerprint density at radius 1 is 1.34 bits per heavy atom.